The highest BCUT2D eigenvalue weighted by molar-refractivity contribution is 6.30. The lowest BCUT2D eigenvalue weighted by Gasteiger charge is -2.33. The molecule has 156 valence electrons. The van der Waals surface area contributed by atoms with E-state index in [1.807, 2.05) is 12.1 Å². The summed E-state index contributed by atoms with van der Waals surface area (Å²) in [6, 6.07) is 8.93. The maximum atomic E-state index is 13.0. The molecule has 8 heteroatoms. The minimum atomic E-state index is -0.204. The van der Waals surface area contributed by atoms with Gasteiger partial charge < -0.3 is 9.88 Å². The van der Waals surface area contributed by atoms with Crippen LogP contribution in [0.15, 0.2) is 41.3 Å². The van der Waals surface area contributed by atoms with Crippen LogP contribution in [0.25, 0.3) is 11.4 Å². The van der Waals surface area contributed by atoms with Gasteiger partial charge in [0.1, 0.15) is 11.5 Å². The summed E-state index contributed by atoms with van der Waals surface area (Å²) < 4.78 is 1.60. The van der Waals surface area contributed by atoms with E-state index in [9.17, 15) is 9.59 Å². The van der Waals surface area contributed by atoms with E-state index in [1.54, 1.807) is 41.0 Å². The van der Waals surface area contributed by atoms with Gasteiger partial charge in [0.2, 0.25) is 0 Å². The molecule has 2 aromatic heterocycles. The molecular weight excluding hydrogens is 402 g/mol. The first-order valence-corrected chi connectivity index (χ1v) is 10.5. The van der Waals surface area contributed by atoms with E-state index in [2.05, 4.69) is 17.0 Å². The molecule has 0 bridgehead atoms. The summed E-state index contributed by atoms with van der Waals surface area (Å²) in [4.78, 5) is 35.4. The molecule has 1 N–H and O–H groups in total. The summed E-state index contributed by atoms with van der Waals surface area (Å²) >= 11 is 5.99. The first-order valence-electron chi connectivity index (χ1n) is 10.1. The van der Waals surface area contributed by atoms with Crippen LogP contribution in [0.2, 0.25) is 5.02 Å². The van der Waals surface area contributed by atoms with Crippen molar-refractivity contribution in [3.8, 4) is 11.4 Å². The topological polar surface area (TPSA) is 83.9 Å². The van der Waals surface area contributed by atoms with Crippen molar-refractivity contribution in [1.29, 1.82) is 0 Å². The van der Waals surface area contributed by atoms with Crippen LogP contribution in [0.3, 0.4) is 0 Å². The van der Waals surface area contributed by atoms with Gasteiger partial charge in [0.05, 0.1) is 17.8 Å². The van der Waals surface area contributed by atoms with Crippen molar-refractivity contribution in [1.82, 2.24) is 24.6 Å². The Balaban J connectivity index is 1.72. The molecule has 3 aromatic rings. The van der Waals surface area contributed by atoms with E-state index in [4.69, 9.17) is 16.6 Å². The molecule has 0 radical (unpaired) electrons. The summed E-state index contributed by atoms with van der Waals surface area (Å²) in [5.74, 6) is 0.375. The third kappa shape index (κ3) is 4.03. The van der Waals surface area contributed by atoms with Crippen molar-refractivity contribution >= 4 is 17.5 Å². The number of nitrogens with zero attached hydrogens (tertiary/aromatic N) is 4. The van der Waals surface area contributed by atoms with Crippen LogP contribution >= 0.6 is 11.6 Å². The zero-order valence-electron chi connectivity index (χ0n) is 17.1. The molecule has 1 aromatic carbocycles. The van der Waals surface area contributed by atoms with Crippen molar-refractivity contribution in [2.75, 3.05) is 6.54 Å². The fourth-order valence-electron chi connectivity index (χ4n) is 3.88. The average Bonchev–Trinajstić information content (AvgIpc) is 3.18. The number of rotatable bonds is 5. The predicted molar refractivity (Wildman–Crippen MR) is 116 cm³/mol. The number of carbonyl (C=O) groups is 1. The van der Waals surface area contributed by atoms with Gasteiger partial charge in [-0.3, -0.25) is 14.3 Å². The molecule has 1 atom stereocenters. The van der Waals surface area contributed by atoms with E-state index >= 15 is 0 Å². The number of amides is 1. The number of aryl methyl sites for hydroxylation is 1. The Labute approximate surface area is 179 Å². The fourth-order valence-corrected chi connectivity index (χ4v) is 4.01. The number of fused-ring (bicyclic) bond motifs is 1. The van der Waals surface area contributed by atoms with E-state index in [1.165, 1.54) is 0 Å². The van der Waals surface area contributed by atoms with Crippen LogP contribution in [0.4, 0.5) is 0 Å². The van der Waals surface area contributed by atoms with Crippen LogP contribution in [0.1, 0.15) is 53.8 Å². The van der Waals surface area contributed by atoms with Crippen molar-refractivity contribution in [2.45, 2.75) is 38.6 Å². The van der Waals surface area contributed by atoms with E-state index < -0.39 is 0 Å². The first kappa shape index (κ1) is 20.3. The van der Waals surface area contributed by atoms with Crippen LogP contribution in [0, 0.1) is 0 Å². The minimum Gasteiger partial charge on any atom is -0.332 e. The second kappa shape index (κ2) is 8.44. The quantitative estimate of drug-likeness (QED) is 0.674. The smallest absolute Gasteiger partial charge is 0.274 e. The van der Waals surface area contributed by atoms with Gasteiger partial charge >= 0.3 is 0 Å². The van der Waals surface area contributed by atoms with Crippen LogP contribution in [-0.4, -0.2) is 37.1 Å². The molecule has 0 fully saturated rings. The van der Waals surface area contributed by atoms with Gasteiger partial charge in [0, 0.05) is 36.3 Å². The number of aromatic nitrogens is 4. The Morgan fingerprint density at radius 3 is 2.70 bits per heavy atom. The zero-order chi connectivity index (χ0) is 21.3. The Morgan fingerprint density at radius 1 is 1.27 bits per heavy atom. The van der Waals surface area contributed by atoms with E-state index in [0.29, 0.717) is 28.6 Å². The molecule has 1 amide bonds. The van der Waals surface area contributed by atoms with Gasteiger partial charge in [-0.15, -0.1) is 0 Å². The Kier molecular flexibility index (Phi) is 5.72. The van der Waals surface area contributed by atoms with Crippen LogP contribution < -0.4 is 5.56 Å². The summed E-state index contributed by atoms with van der Waals surface area (Å²) in [7, 11) is 1.78. The third-order valence-electron chi connectivity index (χ3n) is 5.47. The van der Waals surface area contributed by atoms with Gasteiger partial charge in [-0.05, 0) is 36.8 Å². The van der Waals surface area contributed by atoms with Gasteiger partial charge in [-0.25, -0.2) is 4.98 Å². The maximum absolute atomic E-state index is 13.0. The highest BCUT2D eigenvalue weighted by atomic mass is 35.5. The number of H-pyrrole nitrogens is 1. The largest absolute Gasteiger partial charge is 0.332 e. The molecule has 1 aliphatic rings. The third-order valence-corrected chi connectivity index (χ3v) is 5.72. The number of hydrogen-bond donors (Lipinski definition) is 1. The summed E-state index contributed by atoms with van der Waals surface area (Å²) in [6.45, 7) is 2.89. The second-order valence-electron chi connectivity index (χ2n) is 7.68. The Hall–Kier alpha value is -2.93. The average molecular weight is 426 g/mol. The second-order valence-corrected chi connectivity index (χ2v) is 8.12. The van der Waals surface area contributed by atoms with Gasteiger partial charge in [-0.1, -0.05) is 31.4 Å². The van der Waals surface area contributed by atoms with Gasteiger partial charge in [-0.2, -0.15) is 5.10 Å². The molecule has 1 unspecified atom stereocenters. The normalized spacial score (nSPS) is 15.8. The molecule has 7 nitrogen and oxygen atoms in total. The number of halogens is 1. The Bertz CT molecular complexity index is 1120. The Morgan fingerprint density at radius 2 is 2.03 bits per heavy atom. The molecule has 4 rings (SSSR count). The van der Waals surface area contributed by atoms with Crippen LogP contribution in [-0.2, 0) is 13.6 Å². The van der Waals surface area contributed by atoms with Crippen molar-refractivity contribution in [3.05, 3.63) is 68.9 Å². The standard InChI is InChI=1S/C22H24ClN5O2/c1-3-4-5-15-12-28(22(30)18-10-11-27(2)26-18)13-17-19(15)24-20(25-21(17)29)14-6-8-16(23)9-7-14/h6-11,15H,3-5,12-13H2,1-2H3,(H,24,25,29). The van der Waals surface area contributed by atoms with E-state index in [-0.39, 0.29) is 23.9 Å². The van der Waals surface area contributed by atoms with Gasteiger partial charge in [0.25, 0.3) is 11.5 Å². The SMILES string of the molecule is CCCCC1CN(C(=O)c2ccn(C)n2)Cc2c1nc(-c1ccc(Cl)cc1)[nH]c2=O. The van der Waals surface area contributed by atoms with Crippen molar-refractivity contribution in [3.63, 3.8) is 0 Å². The number of nitrogens with one attached hydrogen (secondary N) is 1. The summed E-state index contributed by atoms with van der Waals surface area (Å²) in [6.07, 6.45) is 4.65. The minimum absolute atomic E-state index is 0.00899. The molecular formula is C22H24ClN5O2. The highest BCUT2D eigenvalue weighted by Gasteiger charge is 2.32. The highest BCUT2D eigenvalue weighted by Crippen LogP contribution is 2.31. The summed E-state index contributed by atoms with van der Waals surface area (Å²) in [5, 5.41) is 4.85. The molecule has 1 aliphatic heterocycles. The fraction of sp³-hybridized carbons (Fsp3) is 0.364. The number of unbranched alkanes of at least 4 members (excludes halogenated alkanes) is 1. The van der Waals surface area contributed by atoms with Gasteiger partial charge in [0.15, 0.2) is 0 Å². The monoisotopic (exact) mass is 425 g/mol. The first-order chi connectivity index (χ1) is 14.5. The number of carbonyl (C=O) groups excluding carboxylic acids is 1. The molecule has 0 spiro atoms. The predicted octanol–water partition coefficient (Wildman–Crippen LogP) is 3.75. The molecule has 3 heterocycles. The lowest BCUT2D eigenvalue weighted by atomic mass is 9.90. The molecule has 0 aliphatic carbocycles. The maximum Gasteiger partial charge on any atom is 0.274 e. The van der Waals surface area contributed by atoms with E-state index in [0.717, 1.165) is 30.5 Å². The summed E-state index contributed by atoms with van der Waals surface area (Å²) in [5.41, 5.74) is 2.34. The molecule has 0 saturated carbocycles. The molecule has 0 saturated heterocycles. The lowest BCUT2D eigenvalue weighted by molar-refractivity contribution is 0.0704. The van der Waals surface area contributed by atoms with Crippen molar-refractivity contribution < 1.29 is 4.79 Å². The van der Waals surface area contributed by atoms with Crippen LogP contribution in [0.5, 0.6) is 0 Å². The number of benzene rings is 1. The number of aromatic amines is 1. The lowest BCUT2D eigenvalue weighted by Crippen LogP contribution is -2.42. The molecule has 30 heavy (non-hydrogen) atoms. The van der Waals surface area contributed by atoms with Crippen molar-refractivity contribution in [2.24, 2.45) is 7.05 Å². The zero-order valence-corrected chi connectivity index (χ0v) is 17.8. The number of hydrogen-bond acceptors (Lipinski definition) is 4.